The highest BCUT2D eigenvalue weighted by Gasteiger charge is 2.14. The average molecular weight is 317 g/mol. The molecule has 0 saturated heterocycles. The second-order valence-electron chi connectivity index (χ2n) is 4.56. The number of methoxy groups -OCH3 is 3. The molecular formula is C17H19NO5. The van der Waals surface area contributed by atoms with Crippen molar-refractivity contribution in [2.24, 2.45) is 5.16 Å². The van der Waals surface area contributed by atoms with Crippen LogP contribution >= 0.6 is 0 Å². The molecule has 2 rings (SSSR count). The van der Waals surface area contributed by atoms with E-state index >= 15 is 0 Å². The minimum Gasteiger partial charge on any atom is -0.493 e. The van der Waals surface area contributed by atoms with Crippen molar-refractivity contribution in [2.75, 3.05) is 27.9 Å². The predicted octanol–water partition coefficient (Wildman–Crippen LogP) is 2.97. The molecule has 6 heteroatoms. The Morgan fingerprint density at radius 3 is 2.04 bits per heavy atom. The van der Waals surface area contributed by atoms with E-state index < -0.39 is 0 Å². The van der Waals surface area contributed by atoms with Gasteiger partial charge in [-0.25, -0.2) is 0 Å². The van der Waals surface area contributed by atoms with E-state index in [1.807, 2.05) is 30.3 Å². The van der Waals surface area contributed by atoms with Gasteiger partial charge in [-0.15, -0.1) is 0 Å². The van der Waals surface area contributed by atoms with Crippen LogP contribution in [0.4, 0.5) is 0 Å². The molecule has 6 nitrogen and oxygen atoms in total. The van der Waals surface area contributed by atoms with Crippen molar-refractivity contribution in [3.05, 3.63) is 48.0 Å². The van der Waals surface area contributed by atoms with Gasteiger partial charge in [0.05, 0.1) is 21.3 Å². The lowest BCUT2D eigenvalue weighted by molar-refractivity contribution is 0.303. The molecule has 0 fully saturated rings. The van der Waals surface area contributed by atoms with Crippen LogP contribution in [-0.2, 0) is 0 Å². The van der Waals surface area contributed by atoms with Gasteiger partial charge in [0.25, 0.3) is 0 Å². The number of rotatable bonds is 7. The molecule has 0 amide bonds. The van der Waals surface area contributed by atoms with Gasteiger partial charge in [-0.3, -0.25) is 0 Å². The van der Waals surface area contributed by atoms with E-state index in [0.29, 0.717) is 28.7 Å². The fraction of sp³-hybridized carbons (Fsp3) is 0.235. The van der Waals surface area contributed by atoms with E-state index in [9.17, 15) is 5.21 Å². The lowest BCUT2D eigenvalue weighted by atomic mass is 10.1. The monoisotopic (exact) mass is 317 g/mol. The molecule has 23 heavy (non-hydrogen) atoms. The molecule has 0 aliphatic rings. The van der Waals surface area contributed by atoms with Crippen LogP contribution in [0.15, 0.2) is 47.6 Å². The Bertz CT molecular complexity index is 645. The summed E-state index contributed by atoms with van der Waals surface area (Å²) in [6, 6.07) is 12.7. The molecule has 0 aromatic heterocycles. The summed E-state index contributed by atoms with van der Waals surface area (Å²) in [7, 11) is 4.60. The van der Waals surface area contributed by atoms with Crippen LogP contribution in [0.2, 0.25) is 0 Å². The summed E-state index contributed by atoms with van der Waals surface area (Å²) in [6.07, 6.45) is 0. The Labute approximate surface area is 134 Å². The van der Waals surface area contributed by atoms with Gasteiger partial charge in [0.15, 0.2) is 11.5 Å². The Kier molecular flexibility index (Phi) is 5.68. The molecule has 0 aliphatic heterocycles. The summed E-state index contributed by atoms with van der Waals surface area (Å²) in [4.78, 5) is 0. The minimum atomic E-state index is 0.0964. The van der Waals surface area contributed by atoms with Crippen molar-refractivity contribution in [1.82, 2.24) is 0 Å². The molecule has 2 aromatic carbocycles. The van der Waals surface area contributed by atoms with Crippen molar-refractivity contribution in [2.45, 2.75) is 0 Å². The summed E-state index contributed by atoms with van der Waals surface area (Å²) in [6.45, 7) is 0.0964. The summed E-state index contributed by atoms with van der Waals surface area (Å²) in [5.41, 5.74) is 1.20. The second kappa shape index (κ2) is 7.93. The van der Waals surface area contributed by atoms with Gasteiger partial charge in [-0.05, 0) is 0 Å². The number of hydrogen-bond donors (Lipinski definition) is 1. The second-order valence-corrected chi connectivity index (χ2v) is 4.56. The summed E-state index contributed by atoms with van der Waals surface area (Å²) in [5.74, 6) is 1.98. The van der Waals surface area contributed by atoms with Crippen LogP contribution in [0.25, 0.3) is 0 Å². The van der Waals surface area contributed by atoms with Crippen molar-refractivity contribution in [1.29, 1.82) is 0 Å². The maximum Gasteiger partial charge on any atom is 0.203 e. The molecule has 1 N–H and O–H groups in total. The zero-order valence-electron chi connectivity index (χ0n) is 13.3. The van der Waals surface area contributed by atoms with Crippen LogP contribution in [0.5, 0.6) is 23.0 Å². The number of oxime groups is 1. The Morgan fingerprint density at radius 1 is 0.957 bits per heavy atom. The molecular weight excluding hydrogens is 298 g/mol. The SMILES string of the molecule is COc1cc(OC/C(=N\O)c2ccccc2)cc(OC)c1OC. The van der Waals surface area contributed by atoms with Gasteiger partial charge >= 0.3 is 0 Å². The Hall–Kier alpha value is -2.89. The molecule has 0 aliphatic carbocycles. The third kappa shape index (κ3) is 3.85. The van der Waals surface area contributed by atoms with Crippen LogP contribution < -0.4 is 18.9 Å². The quantitative estimate of drug-likeness (QED) is 0.483. The first kappa shape index (κ1) is 16.5. The van der Waals surface area contributed by atoms with E-state index in [1.54, 1.807) is 12.1 Å². The maximum atomic E-state index is 9.18. The number of nitrogens with zero attached hydrogens (tertiary/aromatic N) is 1. The van der Waals surface area contributed by atoms with Crippen molar-refractivity contribution in [3.8, 4) is 23.0 Å². The van der Waals surface area contributed by atoms with Crippen LogP contribution in [0.3, 0.4) is 0 Å². The van der Waals surface area contributed by atoms with Gasteiger partial charge in [0, 0.05) is 17.7 Å². The Balaban J connectivity index is 2.20. The molecule has 0 saturated carbocycles. The molecule has 0 heterocycles. The molecule has 122 valence electrons. The normalized spacial score (nSPS) is 11.0. The van der Waals surface area contributed by atoms with Gasteiger partial charge < -0.3 is 24.2 Å². The molecule has 2 aromatic rings. The first-order chi connectivity index (χ1) is 11.2. The van der Waals surface area contributed by atoms with Gasteiger partial charge in [-0.2, -0.15) is 0 Å². The van der Waals surface area contributed by atoms with Crippen molar-refractivity contribution in [3.63, 3.8) is 0 Å². The van der Waals surface area contributed by atoms with E-state index in [0.717, 1.165) is 5.56 Å². The van der Waals surface area contributed by atoms with Gasteiger partial charge in [0.1, 0.15) is 18.1 Å². The number of benzene rings is 2. The first-order valence-electron chi connectivity index (χ1n) is 6.92. The zero-order valence-corrected chi connectivity index (χ0v) is 13.3. The highest BCUT2D eigenvalue weighted by atomic mass is 16.5. The van der Waals surface area contributed by atoms with Crippen LogP contribution in [0, 0.1) is 0 Å². The van der Waals surface area contributed by atoms with Crippen LogP contribution in [0.1, 0.15) is 5.56 Å². The van der Waals surface area contributed by atoms with E-state index in [2.05, 4.69) is 5.16 Å². The summed E-state index contributed by atoms with van der Waals surface area (Å²) < 4.78 is 21.5. The fourth-order valence-electron chi connectivity index (χ4n) is 2.09. The van der Waals surface area contributed by atoms with Crippen molar-refractivity contribution >= 4 is 5.71 Å². The number of hydrogen-bond acceptors (Lipinski definition) is 6. The van der Waals surface area contributed by atoms with E-state index in [1.165, 1.54) is 21.3 Å². The average Bonchev–Trinajstić information content (AvgIpc) is 2.62. The standard InChI is InChI=1S/C17H19NO5/c1-20-15-9-13(10-16(21-2)17(15)22-3)23-11-14(18-19)12-7-5-4-6-8-12/h4-10,19H,11H2,1-3H3/b18-14+. The molecule has 0 unspecified atom stereocenters. The topological polar surface area (TPSA) is 69.5 Å². The third-order valence-corrected chi connectivity index (χ3v) is 3.24. The lowest BCUT2D eigenvalue weighted by Crippen LogP contribution is -2.13. The maximum absolute atomic E-state index is 9.18. The van der Waals surface area contributed by atoms with Gasteiger partial charge in [-0.1, -0.05) is 35.5 Å². The van der Waals surface area contributed by atoms with E-state index in [4.69, 9.17) is 18.9 Å². The highest BCUT2D eigenvalue weighted by molar-refractivity contribution is 6.01. The zero-order chi connectivity index (χ0) is 16.7. The molecule has 0 radical (unpaired) electrons. The number of ether oxygens (including phenoxy) is 4. The molecule has 0 spiro atoms. The van der Waals surface area contributed by atoms with Gasteiger partial charge in [0.2, 0.25) is 5.75 Å². The van der Waals surface area contributed by atoms with Crippen molar-refractivity contribution < 1.29 is 24.2 Å². The smallest absolute Gasteiger partial charge is 0.203 e. The lowest BCUT2D eigenvalue weighted by Gasteiger charge is -2.15. The highest BCUT2D eigenvalue weighted by Crippen LogP contribution is 2.40. The van der Waals surface area contributed by atoms with Crippen LogP contribution in [-0.4, -0.2) is 38.9 Å². The largest absolute Gasteiger partial charge is 0.493 e. The molecule has 0 bridgehead atoms. The molecule has 0 atom stereocenters. The Morgan fingerprint density at radius 2 is 1.57 bits per heavy atom. The predicted molar refractivity (Wildman–Crippen MR) is 86.4 cm³/mol. The summed E-state index contributed by atoms with van der Waals surface area (Å²) >= 11 is 0. The third-order valence-electron chi connectivity index (χ3n) is 3.24. The van der Waals surface area contributed by atoms with E-state index in [-0.39, 0.29) is 6.61 Å². The summed E-state index contributed by atoms with van der Waals surface area (Å²) in [5, 5.41) is 12.5. The fourth-order valence-corrected chi connectivity index (χ4v) is 2.09. The first-order valence-corrected chi connectivity index (χ1v) is 6.92. The minimum absolute atomic E-state index is 0.0964.